The van der Waals surface area contributed by atoms with Gasteiger partial charge in [-0.1, -0.05) is 29.3 Å². The topological polar surface area (TPSA) is 14.1 Å². The molecule has 0 saturated carbocycles. The number of benzene rings is 3. The van der Waals surface area contributed by atoms with Crippen LogP contribution in [0.4, 0.5) is 4.39 Å². The highest BCUT2D eigenvalue weighted by Crippen LogP contribution is 2.31. The van der Waals surface area contributed by atoms with Gasteiger partial charge in [0.1, 0.15) is 5.82 Å². The summed E-state index contributed by atoms with van der Waals surface area (Å²) < 4.78 is 13.7. The van der Waals surface area contributed by atoms with Gasteiger partial charge in [0.2, 0.25) is 5.69 Å². The van der Waals surface area contributed by atoms with Crippen molar-refractivity contribution in [3.63, 3.8) is 0 Å². The number of fused-ring (bicyclic) bond motifs is 3. The highest BCUT2D eigenvalue weighted by atomic mass is 19.1. The van der Waals surface area contributed by atoms with Crippen molar-refractivity contribution in [1.29, 1.82) is 0 Å². The van der Waals surface area contributed by atoms with Crippen LogP contribution in [-0.2, 0) is 0 Å². The van der Waals surface area contributed by atoms with Crippen LogP contribution in [-0.4, -0.2) is 0 Å². The Morgan fingerprint density at radius 2 is 1.48 bits per heavy atom. The molecule has 0 fully saturated rings. The zero-order valence-electron chi connectivity index (χ0n) is 13.2. The molecule has 0 bridgehead atoms. The highest BCUT2D eigenvalue weighted by Gasteiger charge is 2.13. The Labute approximate surface area is 134 Å². The SMILES string of the molecule is Cc1cc(C)cc(-c2[nH+]ccc3c2ccc2ccc(F)cc23)c1. The third kappa shape index (κ3) is 2.36. The second kappa shape index (κ2) is 5.17. The predicted octanol–water partition coefficient (Wildman–Crippen LogP) is 5.23. The van der Waals surface area contributed by atoms with Crippen LogP contribution in [0.1, 0.15) is 11.1 Å². The average molecular weight is 302 g/mol. The van der Waals surface area contributed by atoms with Crippen LogP contribution in [0.5, 0.6) is 0 Å². The van der Waals surface area contributed by atoms with Crippen molar-refractivity contribution >= 4 is 21.5 Å². The standard InChI is InChI=1S/C21H16FN/c1-13-9-14(2)11-16(10-13)21-19-6-4-15-3-5-17(22)12-20(15)18(19)7-8-23-21/h3-12H,1-2H3/p+1. The number of pyridine rings is 1. The Balaban J connectivity index is 2.08. The van der Waals surface area contributed by atoms with Gasteiger partial charge in [0.15, 0.2) is 6.20 Å². The van der Waals surface area contributed by atoms with Gasteiger partial charge in [0.25, 0.3) is 0 Å². The third-order valence-electron chi connectivity index (χ3n) is 4.28. The largest absolute Gasteiger partial charge is 0.218 e. The lowest BCUT2D eigenvalue weighted by molar-refractivity contribution is -0.362. The minimum Gasteiger partial charge on any atom is -0.211 e. The summed E-state index contributed by atoms with van der Waals surface area (Å²) >= 11 is 0. The van der Waals surface area contributed by atoms with E-state index in [-0.39, 0.29) is 5.82 Å². The van der Waals surface area contributed by atoms with Gasteiger partial charge in [0, 0.05) is 17.0 Å². The van der Waals surface area contributed by atoms with E-state index in [1.54, 1.807) is 6.07 Å². The van der Waals surface area contributed by atoms with Crippen LogP contribution in [0.25, 0.3) is 32.8 Å². The minimum atomic E-state index is -0.203. The van der Waals surface area contributed by atoms with E-state index in [0.717, 1.165) is 32.8 Å². The number of hydrogen-bond acceptors (Lipinski definition) is 0. The zero-order chi connectivity index (χ0) is 16.0. The lowest BCUT2D eigenvalue weighted by Crippen LogP contribution is -2.06. The number of aryl methyl sites for hydroxylation is 2. The van der Waals surface area contributed by atoms with Crippen molar-refractivity contribution < 1.29 is 9.37 Å². The number of nitrogens with one attached hydrogen (secondary N) is 1. The molecule has 0 aliphatic heterocycles. The first kappa shape index (κ1) is 13.9. The highest BCUT2D eigenvalue weighted by molar-refractivity contribution is 6.10. The zero-order valence-corrected chi connectivity index (χ0v) is 13.2. The molecule has 2 heteroatoms. The monoisotopic (exact) mass is 302 g/mol. The number of halogens is 1. The summed E-state index contributed by atoms with van der Waals surface area (Å²) in [6, 6.07) is 17.6. The molecular formula is C21H17FN+. The summed E-state index contributed by atoms with van der Waals surface area (Å²) in [5.74, 6) is -0.203. The second-order valence-corrected chi connectivity index (χ2v) is 6.12. The summed E-state index contributed by atoms with van der Waals surface area (Å²) in [6.45, 7) is 4.21. The molecular weight excluding hydrogens is 285 g/mol. The van der Waals surface area contributed by atoms with Crippen LogP contribution in [0.15, 0.2) is 60.8 Å². The molecule has 0 spiro atoms. The molecule has 0 unspecified atom stereocenters. The van der Waals surface area contributed by atoms with Crippen molar-refractivity contribution in [3.8, 4) is 11.3 Å². The fourth-order valence-corrected chi connectivity index (χ4v) is 3.36. The second-order valence-electron chi connectivity index (χ2n) is 6.12. The quantitative estimate of drug-likeness (QED) is 0.427. The summed E-state index contributed by atoms with van der Waals surface area (Å²) in [4.78, 5) is 3.37. The molecule has 0 radical (unpaired) electrons. The first-order chi connectivity index (χ1) is 11.1. The van der Waals surface area contributed by atoms with E-state index in [9.17, 15) is 4.39 Å². The molecule has 4 aromatic rings. The lowest BCUT2D eigenvalue weighted by Gasteiger charge is -2.07. The predicted molar refractivity (Wildman–Crippen MR) is 92.9 cm³/mol. The molecule has 0 aliphatic rings. The molecule has 0 atom stereocenters. The van der Waals surface area contributed by atoms with Crippen LogP contribution in [0.2, 0.25) is 0 Å². The molecule has 0 aliphatic carbocycles. The van der Waals surface area contributed by atoms with Crippen LogP contribution < -0.4 is 4.98 Å². The summed E-state index contributed by atoms with van der Waals surface area (Å²) in [6.07, 6.45) is 1.93. The number of aromatic amines is 1. The minimum absolute atomic E-state index is 0.203. The van der Waals surface area contributed by atoms with E-state index < -0.39 is 0 Å². The molecule has 112 valence electrons. The Hall–Kier alpha value is -2.74. The molecule has 4 rings (SSSR count). The first-order valence-corrected chi connectivity index (χ1v) is 7.73. The van der Waals surface area contributed by atoms with Crippen molar-refractivity contribution in [2.24, 2.45) is 0 Å². The fraction of sp³-hybridized carbons (Fsp3) is 0.0952. The molecule has 0 saturated heterocycles. The Morgan fingerprint density at radius 3 is 2.26 bits per heavy atom. The van der Waals surface area contributed by atoms with Crippen LogP contribution >= 0.6 is 0 Å². The van der Waals surface area contributed by atoms with Gasteiger partial charge in [-0.05, 0) is 55.0 Å². The average Bonchev–Trinajstić information content (AvgIpc) is 2.53. The van der Waals surface area contributed by atoms with E-state index >= 15 is 0 Å². The third-order valence-corrected chi connectivity index (χ3v) is 4.28. The summed E-state index contributed by atoms with van der Waals surface area (Å²) in [5, 5.41) is 4.17. The lowest BCUT2D eigenvalue weighted by atomic mass is 9.97. The first-order valence-electron chi connectivity index (χ1n) is 7.73. The van der Waals surface area contributed by atoms with Gasteiger partial charge < -0.3 is 0 Å². The maximum Gasteiger partial charge on any atom is 0.218 e. The van der Waals surface area contributed by atoms with Gasteiger partial charge >= 0.3 is 0 Å². The molecule has 1 N–H and O–H groups in total. The van der Waals surface area contributed by atoms with Crippen molar-refractivity contribution in [3.05, 3.63) is 77.7 Å². The molecule has 0 amide bonds. The van der Waals surface area contributed by atoms with Crippen molar-refractivity contribution in [2.75, 3.05) is 0 Å². The Morgan fingerprint density at radius 1 is 0.739 bits per heavy atom. The Kier molecular flexibility index (Phi) is 3.12. The van der Waals surface area contributed by atoms with Gasteiger partial charge in [0.05, 0.1) is 5.39 Å². The number of hydrogen-bond donors (Lipinski definition) is 0. The van der Waals surface area contributed by atoms with Crippen molar-refractivity contribution in [1.82, 2.24) is 0 Å². The summed E-state index contributed by atoms with van der Waals surface area (Å²) in [5.41, 5.74) is 4.69. The van der Waals surface area contributed by atoms with E-state index in [1.165, 1.54) is 17.2 Å². The normalized spacial score (nSPS) is 11.3. The van der Waals surface area contributed by atoms with Crippen molar-refractivity contribution in [2.45, 2.75) is 13.8 Å². The van der Waals surface area contributed by atoms with Crippen LogP contribution in [0.3, 0.4) is 0 Å². The summed E-state index contributed by atoms with van der Waals surface area (Å²) in [7, 11) is 0. The fourth-order valence-electron chi connectivity index (χ4n) is 3.36. The van der Waals surface area contributed by atoms with E-state index in [4.69, 9.17) is 0 Å². The number of H-pyrrole nitrogens is 1. The smallest absolute Gasteiger partial charge is 0.211 e. The molecule has 1 aromatic heterocycles. The molecule has 1 nitrogen and oxygen atoms in total. The molecule has 3 aromatic carbocycles. The van der Waals surface area contributed by atoms with Gasteiger partial charge in [-0.2, -0.15) is 0 Å². The maximum absolute atomic E-state index is 13.7. The Bertz CT molecular complexity index is 1030. The molecule has 23 heavy (non-hydrogen) atoms. The van der Waals surface area contributed by atoms with Gasteiger partial charge in [-0.15, -0.1) is 0 Å². The van der Waals surface area contributed by atoms with Crippen LogP contribution in [0, 0.1) is 19.7 Å². The number of aromatic nitrogens is 1. The number of rotatable bonds is 1. The van der Waals surface area contributed by atoms with E-state index in [1.807, 2.05) is 18.3 Å². The van der Waals surface area contributed by atoms with Gasteiger partial charge in [-0.3, -0.25) is 0 Å². The maximum atomic E-state index is 13.7. The molecule has 1 heterocycles. The van der Waals surface area contributed by atoms with E-state index in [2.05, 4.69) is 49.2 Å². The van der Waals surface area contributed by atoms with E-state index in [0.29, 0.717) is 0 Å². The van der Waals surface area contributed by atoms with Gasteiger partial charge in [-0.25, -0.2) is 9.37 Å².